The Labute approximate surface area is 140 Å². The molecule has 0 aliphatic rings. The molecule has 0 heterocycles. The fourth-order valence-corrected chi connectivity index (χ4v) is 2.02. The monoisotopic (exact) mass is 325 g/mol. The molecule has 0 atom stereocenters. The van der Waals surface area contributed by atoms with E-state index >= 15 is 0 Å². The number of esters is 1. The van der Waals surface area contributed by atoms with E-state index in [0.717, 1.165) is 16.8 Å². The van der Waals surface area contributed by atoms with Gasteiger partial charge >= 0.3 is 5.97 Å². The number of benzene rings is 2. The number of hydrogen-bond donors (Lipinski definition) is 1. The average molecular weight is 325 g/mol. The first kappa shape index (κ1) is 17.3. The summed E-state index contributed by atoms with van der Waals surface area (Å²) in [5.74, 6) is 0.105. The molecule has 2 aromatic rings. The van der Waals surface area contributed by atoms with Gasteiger partial charge in [0.2, 0.25) is 5.91 Å². The highest BCUT2D eigenvalue weighted by Crippen LogP contribution is 2.28. The van der Waals surface area contributed by atoms with E-state index in [1.807, 2.05) is 31.2 Å². The topological polar surface area (TPSA) is 64.6 Å². The summed E-state index contributed by atoms with van der Waals surface area (Å²) in [5.41, 5.74) is 2.61. The third-order valence-corrected chi connectivity index (χ3v) is 3.19. The molecule has 5 nitrogen and oxygen atoms in total. The number of methoxy groups -OCH3 is 1. The number of hydrogen-bond acceptors (Lipinski definition) is 4. The van der Waals surface area contributed by atoms with Gasteiger partial charge in [-0.15, -0.1) is 0 Å². The van der Waals surface area contributed by atoms with Crippen molar-refractivity contribution in [2.75, 3.05) is 12.4 Å². The van der Waals surface area contributed by atoms with Crippen molar-refractivity contribution in [2.45, 2.75) is 13.8 Å². The molecule has 0 saturated carbocycles. The summed E-state index contributed by atoms with van der Waals surface area (Å²) in [6.07, 6.45) is 3.09. The first-order valence-corrected chi connectivity index (χ1v) is 7.40. The maximum absolute atomic E-state index is 11.9. The molecule has 0 spiro atoms. The summed E-state index contributed by atoms with van der Waals surface area (Å²) in [6, 6.07) is 12.6. The molecule has 0 aromatic heterocycles. The second-order valence-corrected chi connectivity index (χ2v) is 5.19. The maximum atomic E-state index is 11.9. The Morgan fingerprint density at radius 1 is 1.04 bits per heavy atom. The van der Waals surface area contributed by atoms with Gasteiger partial charge < -0.3 is 14.8 Å². The number of carbonyl (C=O) groups excluding carboxylic acids is 2. The van der Waals surface area contributed by atoms with Crippen LogP contribution in [0.1, 0.15) is 18.1 Å². The van der Waals surface area contributed by atoms with Crippen LogP contribution >= 0.6 is 0 Å². The summed E-state index contributed by atoms with van der Waals surface area (Å²) in [4.78, 5) is 23.0. The molecule has 2 aromatic carbocycles. The van der Waals surface area contributed by atoms with Crippen LogP contribution in [0.15, 0.2) is 48.5 Å². The second-order valence-electron chi connectivity index (χ2n) is 5.19. The van der Waals surface area contributed by atoms with E-state index in [0.29, 0.717) is 11.5 Å². The lowest BCUT2D eigenvalue weighted by molar-refractivity contribution is -0.132. The van der Waals surface area contributed by atoms with Crippen LogP contribution in [0, 0.1) is 6.92 Å². The number of nitrogens with one attached hydrogen (secondary N) is 1. The second kappa shape index (κ2) is 7.97. The molecule has 0 aliphatic heterocycles. The number of rotatable bonds is 5. The quantitative estimate of drug-likeness (QED) is 0.518. The predicted octanol–water partition coefficient (Wildman–Crippen LogP) is 3.58. The van der Waals surface area contributed by atoms with Gasteiger partial charge in [-0.3, -0.25) is 9.59 Å². The standard InChI is InChI=1S/C19H19NO4/c1-13-4-8-16(9-5-13)20-19(22)11-7-15-6-10-17(24-14(2)21)18(12-15)23-3/h4-12H,1-3H3,(H,20,22)/b11-7+. The molecule has 0 aliphatic carbocycles. The highest BCUT2D eigenvalue weighted by Gasteiger charge is 2.07. The smallest absolute Gasteiger partial charge is 0.308 e. The number of ether oxygens (including phenoxy) is 2. The van der Waals surface area contributed by atoms with E-state index in [2.05, 4.69) is 5.32 Å². The van der Waals surface area contributed by atoms with Gasteiger partial charge in [0, 0.05) is 18.7 Å². The Hall–Kier alpha value is -3.08. The van der Waals surface area contributed by atoms with Crippen LogP contribution in [0.2, 0.25) is 0 Å². The minimum Gasteiger partial charge on any atom is -0.493 e. The predicted molar refractivity (Wildman–Crippen MR) is 93.1 cm³/mol. The Morgan fingerprint density at radius 3 is 2.38 bits per heavy atom. The van der Waals surface area contributed by atoms with Crippen LogP contribution in [0.3, 0.4) is 0 Å². The molecule has 0 unspecified atom stereocenters. The van der Waals surface area contributed by atoms with Crippen LogP contribution in [0.5, 0.6) is 11.5 Å². The van der Waals surface area contributed by atoms with E-state index in [-0.39, 0.29) is 5.91 Å². The highest BCUT2D eigenvalue weighted by atomic mass is 16.6. The van der Waals surface area contributed by atoms with Gasteiger partial charge in [-0.2, -0.15) is 0 Å². The summed E-state index contributed by atoms with van der Waals surface area (Å²) in [6.45, 7) is 3.31. The summed E-state index contributed by atoms with van der Waals surface area (Å²) in [7, 11) is 1.49. The molecule has 0 saturated heterocycles. The summed E-state index contributed by atoms with van der Waals surface area (Å²) < 4.78 is 10.2. The van der Waals surface area contributed by atoms with Crippen molar-refractivity contribution in [1.82, 2.24) is 0 Å². The molecular weight excluding hydrogens is 306 g/mol. The van der Waals surface area contributed by atoms with Crippen molar-refractivity contribution in [2.24, 2.45) is 0 Å². The molecular formula is C19H19NO4. The van der Waals surface area contributed by atoms with Gasteiger partial charge in [0.1, 0.15) is 0 Å². The molecule has 0 bridgehead atoms. The van der Waals surface area contributed by atoms with Crippen molar-refractivity contribution in [1.29, 1.82) is 0 Å². The zero-order chi connectivity index (χ0) is 17.5. The normalized spacial score (nSPS) is 10.5. The summed E-state index contributed by atoms with van der Waals surface area (Å²) in [5, 5.41) is 2.78. The van der Waals surface area contributed by atoms with Crippen LogP contribution < -0.4 is 14.8 Å². The number of amides is 1. The SMILES string of the molecule is COc1cc(/C=C/C(=O)Nc2ccc(C)cc2)ccc1OC(C)=O. The molecule has 1 amide bonds. The number of aryl methyl sites for hydroxylation is 1. The van der Waals surface area contributed by atoms with Crippen molar-refractivity contribution < 1.29 is 19.1 Å². The van der Waals surface area contributed by atoms with Crippen LogP contribution in [0.4, 0.5) is 5.69 Å². The lowest BCUT2D eigenvalue weighted by Crippen LogP contribution is -2.07. The largest absolute Gasteiger partial charge is 0.493 e. The molecule has 5 heteroatoms. The zero-order valence-corrected chi connectivity index (χ0v) is 13.8. The van der Waals surface area contributed by atoms with Crippen LogP contribution in [-0.2, 0) is 9.59 Å². The van der Waals surface area contributed by atoms with Gasteiger partial charge in [0.25, 0.3) is 0 Å². The Morgan fingerprint density at radius 2 is 1.75 bits per heavy atom. The van der Waals surface area contributed by atoms with Crippen LogP contribution in [0.25, 0.3) is 6.08 Å². The third-order valence-electron chi connectivity index (χ3n) is 3.19. The molecule has 24 heavy (non-hydrogen) atoms. The average Bonchev–Trinajstić information content (AvgIpc) is 2.55. The molecule has 0 fully saturated rings. The first-order valence-electron chi connectivity index (χ1n) is 7.40. The minimum absolute atomic E-state index is 0.234. The van der Waals surface area contributed by atoms with E-state index in [1.54, 1.807) is 24.3 Å². The molecule has 2 rings (SSSR count). The van der Waals surface area contributed by atoms with Crippen molar-refractivity contribution in [3.8, 4) is 11.5 Å². The van der Waals surface area contributed by atoms with Gasteiger partial charge in [-0.25, -0.2) is 0 Å². The lowest BCUT2D eigenvalue weighted by Gasteiger charge is -2.08. The fraction of sp³-hybridized carbons (Fsp3) is 0.158. The highest BCUT2D eigenvalue weighted by molar-refractivity contribution is 6.01. The van der Waals surface area contributed by atoms with Crippen LogP contribution in [-0.4, -0.2) is 19.0 Å². The maximum Gasteiger partial charge on any atom is 0.308 e. The minimum atomic E-state index is -0.422. The van der Waals surface area contributed by atoms with E-state index in [4.69, 9.17) is 9.47 Å². The molecule has 124 valence electrons. The fourth-order valence-electron chi connectivity index (χ4n) is 2.02. The third kappa shape index (κ3) is 4.98. The summed E-state index contributed by atoms with van der Waals surface area (Å²) >= 11 is 0. The molecule has 0 radical (unpaired) electrons. The van der Waals surface area contributed by atoms with Gasteiger partial charge in [-0.1, -0.05) is 23.8 Å². The van der Waals surface area contributed by atoms with Crippen molar-refractivity contribution >= 4 is 23.6 Å². The number of carbonyl (C=O) groups is 2. The first-order chi connectivity index (χ1) is 11.5. The van der Waals surface area contributed by atoms with E-state index < -0.39 is 5.97 Å². The molecule has 1 N–H and O–H groups in total. The lowest BCUT2D eigenvalue weighted by atomic mass is 10.2. The van der Waals surface area contributed by atoms with Crippen molar-refractivity contribution in [3.05, 3.63) is 59.7 Å². The van der Waals surface area contributed by atoms with Gasteiger partial charge in [-0.05, 0) is 42.8 Å². The Balaban J connectivity index is 2.06. The van der Waals surface area contributed by atoms with Crippen molar-refractivity contribution in [3.63, 3.8) is 0 Å². The number of anilines is 1. The van der Waals surface area contributed by atoms with Gasteiger partial charge in [0.05, 0.1) is 7.11 Å². The van der Waals surface area contributed by atoms with E-state index in [1.165, 1.54) is 20.1 Å². The van der Waals surface area contributed by atoms with E-state index in [9.17, 15) is 9.59 Å². The van der Waals surface area contributed by atoms with Gasteiger partial charge in [0.15, 0.2) is 11.5 Å². The Bertz CT molecular complexity index is 763. The Kier molecular flexibility index (Phi) is 5.73. The zero-order valence-electron chi connectivity index (χ0n) is 13.8.